The van der Waals surface area contributed by atoms with E-state index in [4.69, 9.17) is 5.11 Å². The average molecular weight is 311 g/mol. The molecule has 118 valence electrons. The summed E-state index contributed by atoms with van der Waals surface area (Å²) in [6, 6.07) is -0.115. The molecule has 0 aromatic carbocycles. The van der Waals surface area contributed by atoms with Crippen molar-refractivity contribution in [3.8, 4) is 0 Å². The number of aliphatic hydroxyl groups is 1. The summed E-state index contributed by atoms with van der Waals surface area (Å²) in [7, 11) is 0. The minimum absolute atomic E-state index is 0.0321. The molecule has 1 fully saturated rings. The Hall–Kier alpha value is -1.14. The van der Waals surface area contributed by atoms with E-state index in [2.05, 4.69) is 15.6 Å². The van der Waals surface area contributed by atoms with E-state index in [0.717, 1.165) is 17.8 Å². The van der Waals surface area contributed by atoms with Crippen LogP contribution in [0.25, 0.3) is 0 Å². The normalized spacial score (nSPS) is 16.6. The number of nitrogens with one attached hydrogen (secondary N) is 2. The predicted octanol–water partition coefficient (Wildman–Crippen LogP) is 2.61. The van der Waals surface area contributed by atoms with E-state index < -0.39 is 0 Å². The van der Waals surface area contributed by atoms with Crippen molar-refractivity contribution in [1.29, 1.82) is 0 Å². The number of aromatic nitrogens is 1. The van der Waals surface area contributed by atoms with Crippen molar-refractivity contribution in [1.82, 2.24) is 15.6 Å². The minimum atomic E-state index is -0.147. The summed E-state index contributed by atoms with van der Waals surface area (Å²) in [6.45, 7) is 6.79. The van der Waals surface area contributed by atoms with Crippen LogP contribution in [0.4, 0.5) is 4.79 Å². The van der Waals surface area contributed by atoms with Crippen LogP contribution in [0.1, 0.15) is 49.0 Å². The van der Waals surface area contributed by atoms with Gasteiger partial charge in [-0.15, -0.1) is 11.3 Å². The molecule has 21 heavy (non-hydrogen) atoms. The molecule has 0 spiro atoms. The van der Waals surface area contributed by atoms with Gasteiger partial charge < -0.3 is 15.7 Å². The van der Waals surface area contributed by atoms with Gasteiger partial charge in [-0.25, -0.2) is 9.78 Å². The number of urea groups is 1. The maximum atomic E-state index is 12.1. The second kappa shape index (κ2) is 6.75. The fourth-order valence-electron chi connectivity index (χ4n) is 2.23. The van der Waals surface area contributed by atoms with Crippen molar-refractivity contribution >= 4 is 17.4 Å². The van der Waals surface area contributed by atoms with Gasteiger partial charge in [0.2, 0.25) is 0 Å². The van der Waals surface area contributed by atoms with E-state index in [1.54, 1.807) is 11.3 Å². The highest BCUT2D eigenvalue weighted by Crippen LogP contribution is 2.41. The molecule has 1 aromatic rings. The lowest BCUT2D eigenvalue weighted by atomic mass is 9.90. The monoisotopic (exact) mass is 311 g/mol. The summed E-state index contributed by atoms with van der Waals surface area (Å²) in [5.41, 5.74) is -0.0983. The van der Waals surface area contributed by atoms with E-state index in [1.807, 2.05) is 27.0 Å². The maximum absolute atomic E-state index is 12.1. The number of hydrogen-bond acceptors (Lipinski definition) is 4. The molecule has 0 radical (unpaired) electrons. The number of aliphatic hydroxyl groups excluding tert-OH is 1. The van der Waals surface area contributed by atoms with Gasteiger partial charge >= 0.3 is 6.03 Å². The molecule has 1 heterocycles. The second-order valence-electron chi connectivity index (χ2n) is 6.59. The SMILES string of the molecule is Cc1cnc(C(NC(=O)NCC(C)(C)CCO)C2CC2)s1. The van der Waals surface area contributed by atoms with Crippen molar-refractivity contribution < 1.29 is 9.90 Å². The number of amides is 2. The third-order valence-corrected chi connectivity index (χ3v) is 4.80. The predicted molar refractivity (Wildman–Crippen MR) is 84.3 cm³/mol. The first-order chi connectivity index (χ1) is 9.91. The minimum Gasteiger partial charge on any atom is -0.396 e. The Balaban J connectivity index is 1.88. The largest absolute Gasteiger partial charge is 0.396 e. The van der Waals surface area contributed by atoms with Gasteiger partial charge in [-0.1, -0.05) is 13.8 Å². The summed E-state index contributed by atoms with van der Waals surface area (Å²) in [5, 5.41) is 16.0. The van der Waals surface area contributed by atoms with Crippen LogP contribution in [-0.4, -0.2) is 29.3 Å². The fourth-order valence-corrected chi connectivity index (χ4v) is 3.15. The van der Waals surface area contributed by atoms with E-state index in [0.29, 0.717) is 18.9 Å². The van der Waals surface area contributed by atoms with Gasteiger partial charge in [-0.3, -0.25) is 0 Å². The maximum Gasteiger partial charge on any atom is 0.315 e. The molecule has 5 nitrogen and oxygen atoms in total. The quantitative estimate of drug-likeness (QED) is 0.724. The lowest BCUT2D eigenvalue weighted by molar-refractivity contribution is 0.199. The highest BCUT2D eigenvalue weighted by molar-refractivity contribution is 7.11. The number of carbonyl (C=O) groups is 1. The van der Waals surface area contributed by atoms with Gasteiger partial charge in [0.1, 0.15) is 5.01 Å². The van der Waals surface area contributed by atoms with Crippen LogP contribution in [0, 0.1) is 18.3 Å². The van der Waals surface area contributed by atoms with Crippen molar-refractivity contribution in [2.75, 3.05) is 13.2 Å². The molecular weight excluding hydrogens is 286 g/mol. The second-order valence-corrected chi connectivity index (χ2v) is 7.86. The summed E-state index contributed by atoms with van der Waals surface area (Å²) < 4.78 is 0. The number of carbonyl (C=O) groups excluding carboxylic acids is 1. The first-order valence-electron chi connectivity index (χ1n) is 7.49. The number of thiazole rings is 1. The Morgan fingerprint density at radius 3 is 2.81 bits per heavy atom. The third-order valence-electron chi connectivity index (χ3n) is 3.80. The molecule has 0 bridgehead atoms. The summed E-state index contributed by atoms with van der Waals surface area (Å²) in [5.74, 6) is 0.520. The summed E-state index contributed by atoms with van der Waals surface area (Å²) in [4.78, 5) is 17.7. The molecule has 1 aromatic heterocycles. The van der Waals surface area contributed by atoms with Crippen LogP contribution in [0.3, 0.4) is 0 Å². The van der Waals surface area contributed by atoms with Gasteiger partial charge in [0.25, 0.3) is 0 Å². The van der Waals surface area contributed by atoms with Gasteiger partial charge in [0.15, 0.2) is 0 Å². The smallest absolute Gasteiger partial charge is 0.315 e. The zero-order chi connectivity index (χ0) is 15.5. The standard InChI is InChI=1S/C15H25N3O2S/c1-10-8-16-13(21-10)12(11-4-5-11)18-14(20)17-9-15(2,3)6-7-19/h8,11-12,19H,4-7,9H2,1-3H3,(H2,17,18,20). The van der Waals surface area contributed by atoms with E-state index in [1.165, 1.54) is 4.88 Å². The molecule has 1 atom stereocenters. The van der Waals surface area contributed by atoms with Crippen LogP contribution in [0.5, 0.6) is 0 Å². The first kappa shape index (κ1) is 16.2. The number of aryl methyl sites for hydroxylation is 1. The Kier molecular flexibility index (Phi) is 5.22. The van der Waals surface area contributed by atoms with E-state index >= 15 is 0 Å². The molecule has 3 N–H and O–H groups in total. The molecule has 2 amide bonds. The van der Waals surface area contributed by atoms with E-state index in [9.17, 15) is 4.79 Å². The molecule has 1 aliphatic rings. The lowest BCUT2D eigenvalue weighted by Crippen LogP contribution is -2.42. The van der Waals surface area contributed by atoms with Gasteiger partial charge in [-0.2, -0.15) is 0 Å². The van der Waals surface area contributed by atoms with Crippen LogP contribution in [-0.2, 0) is 0 Å². The zero-order valence-electron chi connectivity index (χ0n) is 13.0. The molecule has 1 saturated carbocycles. The lowest BCUT2D eigenvalue weighted by Gasteiger charge is -2.25. The average Bonchev–Trinajstić information content (AvgIpc) is 3.16. The van der Waals surface area contributed by atoms with Crippen molar-refractivity contribution in [2.24, 2.45) is 11.3 Å². The zero-order valence-corrected chi connectivity index (χ0v) is 13.8. The Labute approximate surface area is 130 Å². The number of rotatable bonds is 7. The highest BCUT2D eigenvalue weighted by Gasteiger charge is 2.35. The number of hydrogen-bond donors (Lipinski definition) is 3. The Bertz CT molecular complexity index is 483. The molecule has 6 heteroatoms. The summed E-state index contributed by atoms with van der Waals surface area (Å²) >= 11 is 1.65. The van der Waals surface area contributed by atoms with Crippen molar-refractivity contribution in [3.05, 3.63) is 16.1 Å². The molecule has 0 saturated heterocycles. The number of nitrogens with zero attached hydrogens (tertiary/aromatic N) is 1. The van der Waals surface area contributed by atoms with Crippen LogP contribution >= 0.6 is 11.3 Å². The summed E-state index contributed by atoms with van der Waals surface area (Å²) in [6.07, 6.45) is 4.84. The van der Waals surface area contributed by atoms with Gasteiger partial charge in [-0.05, 0) is 37.5 Å². The Morgan fingerprint density at radius 2 is 2.29 bits per heavy atom. The molecule has 0 aliphatic heterocycles. The highest BCUT2D eigenvalue weighted by atomic mass is 32.1. The van der Waals surface area contributed by atoms with Crippen LogP contribution in [0.2, 0.25) is 0 Å². The topological polar surface area (TPSA) is 74.2 Å². The van der Waals surface area contributed by atoms with Gasteiger partial charge in [0.05, 0.1) is 6.04 Å². The molecule has 2 rings (SSSR count). The molecule has 1 unspecified atom stereocenters. The third kappa shape index (κ3) is 4.97. The first-order valence-corrected chi connectivity index (χ1v) is 8.30. The van der Waals surface area contributed by atoms with Crippen molar-refractivity contribution in [2.45, 2.75) is 46.1 Å². The molecular formula is C15H25N3O2S. The van der Waals surface area contributed by atoms with Gasteiger partial charge in [0, 0.05) is 24.2 Å². The van der Waals surface area contributed by atoms with E-state index in [-0.39, 0.29) is 24.1 Å². The van der Waals surface area contributed by atoms with Crippen molar-refractivity contribution in [3.63, 3.8) is 0 Å². The molecule has 1 aliphatic carbocycles. The van der Waals surface area contributed by atoms with Crippen LogP contribution in [0.15, 0.2) is 6.20 Å². The Morgan fingerprint density at radius 1 is 1.57 bits per heavy atom. The van der Waals surface area contributed by atoms with Crippen LogP contribution < -0.4 is 10.6 Å². The fraction of sp³-hybridized carbons (Fsp3) is 0.733.